The van der Waals surface area contributed by atoms with E-state index in [1.807, 2.05) is 11.1 Å². The first-order valence-corrected chi connectivity index (χ1v) is 9.41. The molecule has 3 aromatic rings. The van der Waals surface area contributed by atoms with Gasteiger partial charge in [0.15, 0.2) is 5.84 Å². The molecule has 0 amide bonds. The van der Waals surface area contributed by atoms with Crippen molar-refractivity contribution in [1.82, 2.24) is 9.97 Å². The summed E-state index contributed by atoms with van der Waals surface area (Å²) in [6, 6.07) is 17.1. The molecule has 0 fully saturated rings. The van der Waals surface area contributed by atoms with Crippen LogP contribution in [-0.4, -0.2) is 22.0 Å². The van der Waals surface area contributed by atoms with E-state index in [9.17, 15) is 0 Å². The molecule has 1 aromatic heterocycles. The average molecular weight is 353 g/mol. The number of hydrogen-bond donors (Lipinski definition) is 0. The number of rotatable bonds is 2. The molecule has 2 atom stereocenters. The summed E-state index contributed by atoms with van der Waals surface area (Å²) in [6.45, 7) is 4.59. The number of fused-ring (bicyclic) bond motifs is 3. The van der Waals surface area contributed by atoms with Gasteiger partial charge in [0.05, 0.1) is 5.69 Å². The number of nitrogens with zero attached hydrogens (tertiary/aromatic N) is 5. The monoisotopic (exact) mass is 353 g/mol. The molecule has 3 aliphatic rings. The molecular formula is C22H19N5. The van der Waals surface area contributed by atoms with Gasteiger partial charge in [0, 0.05) is 28.9 Å². The molecule has 0 N–H and O–H groups in total. The van der Waals surface area contributed by atoms with Gasteiger partial charge in [-0.15, -0.1) is 5.10 Å². The minimum absolute atomic E-state index is 0.0457. The molecular weight excluding hydrogens is 334 g/mol. The maximum Gasteiger partial charge on any atom is 0.248 e. The van der Waals surface area contributed by atoms with Crippen LogP contribution in [0.1, 0.15) is 31.4 Å². The molecule has 132 valence electrons. The van der Waals surface area contributed by atoms with E-state index in [0.29, 0.717) is 5.95 Å². The normalized spacial score (nSPS) is 23.9. The van der Waals surface area contributed by atoms with Crippen LogP contribution in [-0.2, 0) is 5.41 Å². The predicted octanol–water partition coefficient (Wildman–Crippen LogP) is 4.15. The van der Waals surface area contributed by atoms with Crippen LogP contribution >= 0.6 is 0 Å². The van der Waals surface area contributed by atoms with Gasteiger partial charge in [-0.3, -0.25) is 4.90 Å². The molecule has 5 heteroatoms. The fraction of sp³-hybridized carbons (Fsp3) is 0.227. The molecule has 3 aliphatic heterocycles. The molecule has 0 saturated carbocycles. The zero-order chi connectivity index (χ0) is 18.2. The largest absolute Gasteiger partial charge is 0.300 e. The lowest BCUT2D eigenvalue weighted by atomic mass is 9.78. The first-order valence-electron chi connectivity index (χ1n) is 9.41. The van der Waals surface area contributed by atoms with Gasteiger partial charge < -0.3 is 0 Å². The second-order valence-corrected chi connectivity index (χ2v) is 7.58. The molecule has 2 unspecified atom stereocenters. The van der Waals surface area contributed by atoms with Gasteiger partial charge in [-0.2, -0.15) is 0 Å². The summed E-state index contributed by atoms with van der Waals surface area (Å²) in [5, 5.41) is 7.06. The standard InChI is InChI=1S/C22H19N5/c1-3-22(2)17-11-6-10-15-14-8-4-5-9-16(14)19-25-27(20(22)26(19)18(15)17)21-23-12-7-13-24-21/h4-13,20H,3H2,1-2H3. The first-order chi connectivity index (χ1) is 13.2. The molecule has 4 heterocycles. The fourth-order valence-corrected chi connectivity index (χ4v) is 4.87. The Labute approximate surface area is 158 Å². The van der Waals surface area contributed by atoms with Gasteiger partial charge in [0.2, 0.25) is 5.95 Å². The number of benzene rings is 2. The molecule has 0 saturated heterocycles. The summed E-state index contributed by atoms with van der Waals surface area (Å²) in [4.78, 5) is 11.4. The van der Waals surface area contributed by atoms with Gasteiger partial charge in [0.25, 0.3) is 0 Å². The van der Waals surface area contributed by atoms with Crippen molar-refractivity contribution in [3.05, 3.63) is 72.1 Å². The summed E-state index contributed by atoms with van der Waals surface area (Å²) >= 11 is 0. The number of hydrazone groups is 1. The summed E-state index contributed by atoms with van der Waals surface area (Å²) in [6.07, 6.45) is 4.62. The Bertz CT molecular complexity index is 1110. The van der Waals surface area contributed by atoms with Gasteiger partial charge in [-0.25, -0.2) is 15.0 Å². The zero-order valence-electron chi connectivity index (χ0n) is 15.3. The number of amidine groups is 1. The Morgan fingerprint density at radius 3 is 2.44 bits per heavy atom. The minimum Gasteiger partial charge on any atom is -0.300 e. The summed E-state index contributed by atoms with van der Waals surface area (Å²) in [7, 11) is 0. The van der Waals surface area contributed by atoms with E-state index in [1.165, 1.54) is 27.9 Å². The van der Waals surface area contributed by atoms with Crippen LogP contribution in [0.3, 0.4) is 0 Å². The third kappa shape index (κ3) is 1.67. The molecule has 6 rings (SSSR count). The van der Waals surface area contributed by atoms with Gasteiger partial charge in [-0.05, 0) is 23.6 Å². The van der Waals surface area contributed by atoms with Crippen LogP contribution in [0.2, 0.25) is 0 Å². The van der Waals surface area contributed by atoms with E-state index in [-0.39, 0.29) is 11.6 Å². The zero-order valence-corrected chi connectivity index (χ0v) is 15.3. The summed E-state index contributed by atoms with van der Waals surface area (Å²) in [5.41, 5.74) is 6.32. The van der Waals surface area contributed by atoms with E-state index in [4.69, 9.17) is 5.10 Å². The van der Waals surface area contributed by atoms with Crippen LogP contribution in [0.4, 0.5) is 11.6 Å². The summed E-state index contributed by atoms with van der Waals surface area (Å²) in [5.74, 6) is 1.65. The Morgan fingerprint density at radius 2 is 1.67 bits per heavy atom. The van der Waals surface area contributed by atoms with Gasteiger partial charge in [-0.1, -0.05) is 56.3 Å². The van der Waals surface area contributed by atoms with Gasteiger partial charge >= 0.3 is 0 Å². The van der Waals surface area contributed by atoms with Crippen molar-refractivity contribution < 1.29 is 0 Å². The van der Waals surface area contributed by atoms with Crippen LogP contribution in [0, 0.1) is 0 Å². The molecule has 0 aliphatic carbocycles. The highest BCUT2D eigenvalue weighted by Gasteiger charge is 2.57. The van der Waals surface area contributed by atoms with E-state index in [1.54, 1.807) is 12.4 Å². The van der Waals surface area contributed by atoms with Crippen molar-refractivity contribution in [3.8, 4) is 11.1 Å². The lowest BCUT2D eigenvalue weighted by Crippen LogP contribution is -2.50. The molecule has 27 heavy (non-hydrogen) atoms. The lowest BCUT2D eigenvalue weighted by Gasteiger charge is -2.36. The van der Waals surface area contributed by atoms with Crippen LogP contribution < -0.4 is 9.91 Å². The van der Waals surface area contributed by atoms with Crippen molar-refractivity contribution >= 4 is 17.5 Å². The number of hydrogen-bond acceptors (Lipinski definition) is 5. The Hall–Kier alpha value is -3.21. The Balaban J connectivity index is 1.70. The second kappa shape index (κ2) is 4.94. The minimum atomic E-state index is -0.0716. The number of aromatic nitrogens is 2. The Morgan fingerprint density at radius 1 is 0.926 bits per heavy atom. The van der Waals surface area contributed by atoms with Crippen LogP contribution in [0.25, 0.3) is 11.1 Å². The van der Waals surface area contributed by atoms with Crippen LogP contribution in [0.5, 0.6) is 0 Å². The van der Waals surface area contributed by atoms with Gasteiger partial charge in [0.1, 0.15) is 6.17 Å². The highest BCUT2D eigenvalue weighted by molar-refractivity contribution is 6.22. The maximum absolute atomic E-state index is 5.04. The topological polar surface area (TPSA) is 44.6 Å². The maximum atomic E-state index is 5.04. The fourth-order valence-electron chi connectivity index (χ4n) is 4.87. The number of anilines is 2. The van der Waals surface area contributed by atoms with E-state index >= 15 is 0 Å². The van der Waals surface area contributed by atoms with E-state index in [0.717, 1.165) is 12.3 Å². The third-order valence-corrected chi connectivity index (χ3v) is 6.32. The van der Waals surface area contributed by atoms with Crippen molar-refractivity contribution in [2.75, 3.05) is 9.91 Å². The van der Waals surface area contributed by atoms with E-state index < -0.39 is 0 Å². The van der Waals surface area contributed by atoms with Crippen molar-refractivity contribution in [2.24, 2.45) is 5.10 Å². The summed E-state index contributed by atoms with van der Waals surface area (Å²) < 4.78 is 0. The Kier molecular flexibility index (Phi) is 2.73. The smallest absolute Gasteiger partial charge is 0.248 e. The molecule has 0 bridgehead atoms. The number of para-hydroxylation sites is 1. The van der Waals surface area contributed by atoms with Crippen molar-refractivity contribution in [2.45, 2.75) is 31.8 Å². The molecule has 5 nitrogen and oxygen atoms in total. The highest BCUT2D eigenvalue weighted by atomic mass is 15.7. The van der Waals surface area contributed by atoms with Crippen LogP contribution in [0.15, 0.2) is 66.0 Å². The first kappa shape index (κ1) is 14.9. The predicted molar refractivity (Wildman–Crippen MR) is 107 cm³/mol. The third-order valence-electron chi connectivity index (χ3n) is 6.32. The lowest BCUT2D eigenvalue weighted by molar-refractivity contribution is 0.383. The quantitative estimate of drug-likeness (QED) is 0.694. The SMILES string of the molecule is CCC1(C)c2cccc3c2N2C(=NN(c4ncccn4)C21)c1ccccc1-3. The highest BCUT2D eigenvalue weighted by Crippen LogP contribution is 2.57. The average Bonchev–Trinajstić information content (AvgIpc) is 3.25. The van der Waals surface area contributed by atoms with Crippen molar-refractivity contribution in [1.29, 1.82) is 0 Å². The molecule has 0 radical (unpaired) electrons. The van der Waals surface area contributed by atoms with E-state index in [2.05, 4.69) is 71.2 Å². The second-order valence-electron chi connectivity index (χ2n) is 7.58. The molecule has 2 aromatic carbocycles. The van der Waals surface area contributed by atoms with Crippen molar-refractivity contribution in [3.63, 3.8) is 0 Å². The molecule has 0 spiro atoms.